The van der Waals surface area contributed by atoms with Gasteiger partial charge in [-0.1, -0.05) is 11.6 Å². The molecule has 13 heteroatoms. The second kappa shape index (κ2) is 10.2. The van der Waals surface area contributed by atoms with Crippen molar-refractivity contribution < 1.29 is 19.6 Å². The molecule has 1 aliphatic heterocycles. The first-order chi connectivity index (χ1) is 16.0. The first-order valence-electron chi connectivity index (χ1n) is 10.5. The summed E-state index contributed by atoms with van der Waals surface area (Å²) < 4.78 is 0. The number of benzene rings is 1. The van der Waals surface area contributed by atoms with Gasteiger partial charge in [-0.05, 0) is 45.0 Å². The number of aryl methyl sites for hydroxylation is 1. The highest BCUT2D eigenvalue weighted by Gasteiger charge is 2.35. The van der Waals surface area contributed by atoms with Crippen LogP contribution in [0.25, 0.3) is 0 Å². The molecular weight excluding hydrogens is 466 g/mol. The SMILES string of the molecule is Cc1cc(Nc2ncnc(NC(=O)O)c2Cl)c([N+](=O)[O-])c(C2CCCN(C)C2)c1C(=O)N(C)C. The lowest BCUT2D eigenvalue weighted by Crippen LogP contribution is -2.33. The van der Waals surface area contributed by atoms with Gasteiger partial charge in [-0.25, -0.2) is 14.8 Å². The quantitative estimate of drug-likeness (QED) is 0.405. The summed E-state index contributed by atoms with van der Waals surface area (Å²) in [4.78, 5) is 47.3. The smallest absolute Gasteiger partial charge is 0.410 e. The summed E-state index contributed by atoms with van der Waals surface area (Å²) in [7, 11) is 5.15. The number of nitrogens with one attached hydrogen (secondary N) is 2. The number of rotatable bonds is 6. The van der Waals surface area contributed by atoms with E-state index in [1.54, 1.807) is 21.0 Å². The van der Waals surface area contributed by atoms with E-state index in [0.717, 1.165) is 19.3 Å². The lowest BCUT2D eigenvalue weighted by atomic mass is 9.83. The first-order valence-corrected chi connectivity index (χ1v) is 10.9. The first kappa shape index (κ1) is 25.1. The fraction of sp³-hybridized carbons (Fsp3) is 0.429. The molecule has 1 fully saturated rings. The Balaban J connectivity index is 2.22. The molecule has 0 radical (unpaired) electrons. The molecular formula is C21H26ClN7O5. The third-order valence-electron chi connectivity index (χ3n) is 5.64. The minimum absolute atomic E-state index is 0.0127. The molecule has 0 saturated carbocycles. The van der Waals surface area contributed by atoms with E-state index in [-0.39, 0.29) is 39.9 Å². The number of nitro benzene ring substituents is 1. The molecule has 34 heavy (non-hydrogen) atoms. The largest absolute Gasteiger partial charge is 0.465 e. The molecule has 2 amide bonds. The predicted molar refractivity (Wildman–Crippen MR) is 127 cm³/mol. The zero-order valence-electron chi connectivity index (χ0n) is 19.3. The Hall–Kier alpha value is -3.51. The van der Waals surface area contributed by atoms with Crippen molar-refractivity contribution >= 4 is 46.6 Å². The van der Waals surface area contributed by atoms with Crippen LogP contribution in [0.5, 0.6) is 0 Å². The van der Waals surface area contributed by atoms with Crippen LogP contribution in [0, 0.1) is 17.0 Å². The van der Waals surface area contributed by atoms with Gasteiger partial charge in [0.2, 0.25) is 0 Å². The highest BCUT2D eigenvalue weighted by molar-refractivity contribution is 6.35. The van der Waals surface area contributed by atoms with Crippen LogP contribution < -0.4 is 10.6 Å². The fourth-order valence-electron chi connectivity index (χ4n) is 4.20. The third-order valence-corrected chi connectivity index (χ3v) is 6.00. The van der Waals surface area contributed by atoms with E-state index in [1.807, 2.05) is 7.05 Å². The number of likely N-dealkylation sites (N-methyl/N-ethyl adjacent to an activating group) is 1. The summed E-state index contributed by atoms with van der Waals surface area (Å²) in [5, 5.41) is 26.1. The van der Waals surface area contributed by atoms with E-state index in [9.17, 15) is 19.7 Å². The Morgan fingerprint density at radius 1 is 1.32 bits per heavy atom. The van der Waals surface area contributed by atoms with Crippen molar-refractivity contribution in [1.29, 1.82) is 0 Å². The summed E-state index contributed by atoms with van der Waals surface area (Å²) in [6, 6.07) is 1.51. The van der Waals surface area contributed by atoms with Crippen molar-refractivity contribution in [2.45, 2.75) is 25.7 Å². The van der Waals surface area contributed by atoms with Crippen molar-refractivity contribution in [1.82, 2.24) is 19.8 Å². The summed E-state index contributed by atoms with van der Waals surface area (Å²) >= 11 is 6.25. The van der Waals surface area contributed by atoms with Crippen LogP contribution in [0.15, 0.2) is 12.4 Å². The number of nitro groups is 1. The molecule has 1 aliphatic rings. The number of hydrogen-bond acceptors (Lipinski definition) is 8. The number of amides is 2. The molecule has 1 saturated heterocycles. The Morgan fingerprint density at radius 2 is 2.00 bits per heavy atom. The molecule has 1 aromatic carbocycles. The van der Waals surface area contributed by atoms with Crippen LogP contribution in [0.4, 0.5) is 27.8 Å². The number of nitrogens with zero attached hydrogens (tertiary/aromatic N) is 5. The van der Waals surface area contributed by atoms with E-state index in [0.29, 0.717) is 29.7 Å². The average molecular weight is 492 g/mol. The molecule has 3 N–H and O–H groups in total. The van der Waals surface area contributed by atoms with Gasteiger partial charge in [-0.3, -0.25) is 20.2 Å². The Bertz CT molecular complexity index is 1140. The van der Waals surface area contributed by atoms with Gasteiger partial charge in [0.05, 0.1) is 10.5 Å². The second-order valence-corrected chi connectivity index (χ2v) is 8.75. The van der Waals surface area contributed by atoms with Crippen LogP contribution in [0.2, 0.25) is 5.02 Å². The Morgan fingerprint density at radius 3 is 2.59 bits per heavy atom. The van der Waals surface area contributed by atoms with Gasteiger partial charge in [0.15, 0.2) is 11.6 Å². The van der Waals surface area contributed by atoms with E-state index in [4.69, 9.17) is 16.7 Å². The van der Waals surface area contributed by atoms with Crippen LogP contribution in [-0.2, 0) is 0 Å². The zero-order valence-corrected chi connectivity index (χ0v) is 20.0. The van der Waals surface area contributed by atoms with E-state index < -0.39 is 11.0 Å². The van der Waals surface area contributed by atoms with Gasteiger partial charge >= 0.3 is 6.09 Å². The molecule has 12 nitrogen and oxygen atoms in total. The second-order valence-electron chi connectivity index (χ2n) is 8.38. The number of carbonyl (C=O) groups is 2. The van der Waals surface area contributed by atoms with Crippen molar-refractivity contribution in [3.05, 3.63) is 44.2 Å². The van der Waals surface area contributed by atoms with Crippen molar-refractivity contribution in [3.63, 3.8) is 0 Å². The third kappa shape index (κ3) is 5.18. The maximum Gasteiger partial charge on any atom is 0.410 e. The Kier molecular flexibility index (Phi) is 7.52. The van der Waals surface area contributed by atoms with E-state index in [1.165, 1.54) is 11.0 Å². The summed E-state index contributed by atoms with van der Waals surface area (Å²) in [6.07, 6.45) is 1.25. The predicted octanol–water partition coefficient (Wildman–Crippen LogP) is 3.69. The number of halogens is 1. The molecule has 0 aliphatic carbocycles. The van der Waals surface area contributed by atoms with Crippen molar-refractivity contribution in [2.24, 2.45) is 0 Å². The summed E-state index contributed by atoms with van der Waals surface area (Å²) in [6.45, 7) is 3.16. The van der Waals surface area contributed by atoms with Gasteiger partial charge in [-0.2, -0.15) is 0 Å². The topological polar surface area (TPSA) is 154 Å². The molecule has 2 heterocycles. The monoisotopic (exact) mass is 491 g/mol. The molecule has 1 unspecified atom stereocenters. The maximum absolute atomic E-state index is 13.1. The summed E-state index contributed by atoms with van der Waals surface area (Å²) in [5.74, 6) is -0.729. The number of carboxylic acid groups (broad SMARTS) is 1. The van der Waals surface area contributed by atoms with Gasteiger partial charge in [-0.15, -0.1) is 0 Å². The molecule has 0 bridgehead atoms. The average Bonchev–Trinajstić information content (AvgIpc) is 2.75. The van der Waals surface area contributed by atoms with Gasteiger partial charge in [0.25, 0.3) is 11.6 Å². The number of aromatic nitrogens is 2. The highest BCUT2D eigenvalue weighted by Crippen LogP contribution is 2.43. The minimum Gasteiger partial charge on any atom is -0.465 e. The van der Waals surface area contributed by atoms with Gasteiger partial charge in [0, 0.05) is 32.1 Å². The zero-order chi connectivity index (χ0) is 25.2. The number of hydrogen-bond donors (Lipinski definition) is 3. The standard InChI is InChI=1S/C21H26ClN7O5/c1-11-8-13(25-18-16(22)19(24-10-23-18)26-21(31)32)17(29(33)34)15(14(11)20(30)27(2)3)12-6-5-7-28(4)9-12/h8,10,12H,5-7,9H2,1-4H3,(H,31,32)(H2,23,24,25,26). The number of likely N-dealkylation sites (tertiary alicyclic amines) is 1. The highest BCUT2D eigenvalue weighted by atomic mass is 35.5. The molecule has 2 aromatic rings. The number of anilines is 3. The van der Waals surface area contributed by atoms with Crippen molar-refractivity contribution in [2.75, 3.05) is 44.9 Å². The number of carbonyl (C=O) groups excluding carboxylic acids is 1. The van der Waals surface area contributed by atoms with Crippen LogP contribution in [-0.4, -0.2) is 76.0 Å². The number of piperidine rings is 1. The lowest BCUT2D eigenvalue weighted by molar-refractivity contribution is -0.384. The fourth-order valence-corrected chi connectivity index (χ4v) is 4.40. The molecule has 1 atom stereocenters. The molecule has 0 spiro atoms. The van der Waals surface area contributed by atoms with Crippen molar-refractivity contribution in [3.8, 4) is 0 Å². The van der Waals surface area contributed by atoms with Crippen LogP contribution >= 0.6 is 11.6 Å². The molecule has 182 valence electrons. The molecule has 1 aromatic heterocycles. The lowest BCUT2D eigenvalue weighted by Gasteiger charge is -2.32. The van der Waals surface area contributed by atoms with Gasteiger partial charge < -0.3 is 20.2 Å². The van der Waals surface area contributed by atoms with E-state index >= 15 is 0 Å². The van der Waals surface area contributed by atoms with Crippen LogP contribution in [0.3, 0.4) is 0 Å². The van der Waals surface area contributed by atoms with Crippen LogP contribution in [0.1, 0.15) is 40.2 Å². The van der Waals surface area contributed by atoms with Gasteiger partial charge in [0.1, 0.15) is 17.0 Å². The minimum atomic E-state index is -1.37. The normalized spacial score (nSPS) is 16.1. The summed E-state index contributed by atoms with van der Waals surface area (Å²) in [5.41, 5.74) is 1.10. The Labute approximate surface area is 201 Å². The van der Waals surface area contributed by atoms with E-state index in [2.05, 4.69) is 25.5 Å². The maximum atomic E-state index is 13.1. The molecule has 3 rings (SSSR count).